The van der Waals surface area contributed by atoms with Gasteiger partial charge in [-0.15, -0.1) is 0 Å². The number of nitrogens with one attached hydrogen (secondary N) is 1. The van der Waals surface area contributed by atoms with Crippen molar-refractivity contribution < 1.29 is 13.9 Å². The first kappa shape index (κ1) is 19.9. The molecule has 1 aliphatic carbocycles. The molecule has 2 atom stereocenters. The molecule has 29 heavy (non-hydrogen) atoms. The van der Waals surface area contributed by atoms with Crippen LogP contribution in [0.15, 0.2) is 60.7 Å². The van der Waals surface area contributed by atoms with E-state index in [1.807, 2.05) is 36.4 Å². The third-order valence-electron chi connectivity index (χ3n) is 6.08. The normalized spacial score (nSPS) is 22.9. The number of alkyl halides is 1. The minimum Gasteiger partial charge on any atom is -0.449 e. The number of halogens is 1. The SMILES string of the molecule is O=C(OCCc1ccccc1)N1CCC(F)(CNC2CC2c2ccccc2)CC1. The zero-order chi connectivity index (χ0) is 20.1. The number of ether oxygens (including phenoxy) is 1. The summed E-state index contributed by atoms with van der Waals surface area (Å²) in [6.07, 6.45) is 2.15. The molecule has 1 amide bonds. The van der Waals surface area contributed by atoms with E-state index >= 15 is 4.39 Å². The molecule has 1 saturated carbocycles. The Kier molecular flexibility index (Phi) is 6.14. The van der Waals surface area contributed by atoms with Crippen LogP contribution in [0, 0.1) is 0 Å². The third kappa shape index (κ3) is 5.36. The Morgan fingerprint density at radius 1 is 1.07 bits per heavy atom. The number of benzene rings is 2. The largest absolute Gasteiger partial charge is 0.449 e. The van der Waals surface area contributed by atoms with E-state index in [0.29, 0.717) is 57.5 Å². The molecular formula is C24H29FN2O2. The lowest BCUT2D eigenvalue weighted by Gasteiger charge is -2.36. The summed E-state index contributed by atoms with van der Waals surface area (Å²) >= 11 is 0. The molecule has 1 saturated heterocycles. The summed E-state index contributed by atoms with van der Waals surface area (Å²) in [6.45, 7) is 1.53. The Hall–Kier alpha value is -2.40. The van der Waals surface area contributed by atoms with Crippen molar-refractivity contribution >= 4 is 6.09 Å². The smallest absolute Gasteiger partial charge is 0.409 e. The van der Waals surface area contributed by atoms with Gasteiger partial charge >= 0.3 is 6.09 Å². The molecule has 2 aromatic rings. The number of nitrogens with zero attached hydrogens (tertiary/aromatic N) is 1. The number of likely N-dealkylation sites (tertiary alicyclic amines) is 1. The first-order valence-corrected chi connectivity index (χ1v) is 10.6. The summed E-state index contributed by atoms with van der Waals surface area (Å²) in [5, 5.41) is 3.40. The summed E-state index contributed by atoms with van der Waals surface area (Å²) in [4.78, 5) is 13.9. The maximum absolute atomic E-state index is 15.2. The van der Waals surface area contributed by atoms with Gasteiger partial charge in [0.25, 0.3) is 0 Å². The molecule has 0 spiro atoms. The molecule has 1 heterocycles. The van der Waals surface area contributed by atoms with Gasteiger partial charge in [-0.05, 0) is 17.5 Å². The molecule has 4 rings (SSSR count). The fourth-order valence-corrected chi connectivity index (χ4v) is 4.06. The molecule has 2 aliphatic rings. The van der Waals surface area contributed by atoms with E-state index in [1.165, 1.54) is 5.56 Å². The monoisotopic (exact) mass is 396 g/mol. The highest BCUT2D eigenvalue weighted by atomic mass is 19.1. The van der Waals surface area contributed by atoms with Gasteiger partial charge in [0, 0.05) is 50.9 Å². The number of rotatable bonds is 7. The van der Waals surface area contributed by atoms with Gasteiger partial charge in [0.15, 0.2) is 0 Å². The van der Waals surface area contributed by atoms with Crippen LogP contribution in [0.5, 0.6) is 0 Å². The first-order chi connectivity index (χ1) is 14.1. The summed E-state index contributed by atoms with van der Waals surface area (Å²) in [6, 6.07) is 20.7. The van der Waals surface area contributed by atoms with Crippen LogP contribution in [0.3, 0.4) is 0 Å². The van der Waals surface area contributed by atoms with Crippen LogP contribution >= 0.6 is 0 Å². The Balaban J connectivity index is 1.15. The average molecular weight is 397 g/mol. The molecule has 0 bridgehead atoms. The highest BCUT2D eigenvalue weighted by Gasteiger charge is 2.42. The number of carbonyl (C=O) groups is 1. The summed E-state index contributed by atoms with van der Waals surface area (Å²) in [7, 11) is 0. The summed E-state index contributed by atoms with van der Waals surface area (Å²) in [5.41, 5.74) is 1.22. The lowest BCUT2D eigenvalue weighted by atomic mass is 9.93. The highest BCUT2D eigenvalue weighted by Crippen LogP contribution is 2.41. The van der Waals surface area contributed by atoms with Crippen LogP contribution in [-0.4, -0.2) is 48.9 Å². The predicted octanol–water partition coefficient (Wildman–Crippen LogP) is 4.32. The molecule has 154 valence electrons. The van der Waals surface area contributed by atoms with Gasteiger partial charge in [0.1, 0.15) is 5.67 Å². The van der Waals surface area contributed by atoms with E-state index in [0.717, 1.165) is 12.0 Å². The lowest BCUT2D eigenvalue weighted by molar-refractivity contribution is 0.0437. The standard InChI is InChI=1S/C24H29FN2O2/c25-24(18-26-22-17-21(22)20-9-5-2-6-10-20)12-14-27(15-13-24)23(28)29-16-11-19-7-3-1-4-8-19/h1-10,21-22,26H,11-18H2. The van der Waals surface area contributed by atoms with E-state index in [4.69, 9.17) is 4.74 Å². The van der Waals surface area contributed by atoms with Gasteiger partial charge < -0.3 is 15.0 Å². The number of amides is 1. The third-order valence-corrected chi connectivity index (χ3v) is 6.08. The quantitative estimate of drug-likeness (QED) is 0.758. The molecule has 0 radical (unpaired) electrons. The van der Waals surface area contributed by atoms with Crippen molar-refractivity contribution in [2.45, 2.75) is 43.3 Å². The van der Waals surface area contributed by atoms with Crippen LogP contribution in [-0.2, 0) is 11.2 Å². The van der Waals surface area contributed by atoms with Crippen molar-refractivity contribution in [1.29, 1.82) is 0 Å². The fourth-order valence-electron chi connectivity index (χ4n) is 4.06. The first-order valence-electron chi connectivity index (χ1n) is 10.6. The van der Waals surface area contributed by atoms with Gasteiger partial charge in [0.05, 0.1) is 6.61 Å². The molecule has 5 heteroatoms. The second-order valence-electron chi connectivity index (χ2n) is 8.23. The van der Waals surface area contributed by atoms with Gasteiger partial charge in [-0.1, -0.05) is 60.7 Å². The maximum atomic E-state index is 15.2. The number of hydrogen-bond donors (Lipinski definition) is 1. The Morgan fingerprint density at radius 3 is 2.41 bits per heavy atom. The second kappa shape index (κ2) is 8.95. The van der Waals surface area contributed by atoms with Crippen LogP contribution in [0.25, 0.3) is 0 Å². The van der Waals surface area contributed by atoms with E-state index in [2.05, 4.69) is 29.6 Å². The summed E-state index contributed by atoms with van der Waals surface area (Å²) in [5.74, 6) is 0.500. The number of hydrogen-bond acceptors (Lipinski definition) is 3. The van der Waals surface area contributed by atoms with Gasteiger partial charge in [-0.3, -0.25) is 0 Å². The average Bonchev–Trinajstić information content (AvgIpc) is 3.54. The van der Waals surface area contributed by atoms with E-state index in [9.17, 15) is 4.79 Å². The molecule has 0 aromatic heterocycles. The molecule has 2 fully saturated rings. The molecule has 2 aromatic carbocycles. The van der Waals surface area contributed by atoms with Crippen molar-refractivity contribution in [3.8, 4) is 0 Å². The topological polar surface area (TPSA) is 41.6 Å². The molecule has 4 nitrogen and oxygen atoms in total. The van der Waals surface area contributed by atoms with E-state index < -0.39 is 5.67 Å². The Bertz CT molecular complexity index is 791. The van der Waals surface area contributed by atoms with Crippen molar-refractivity contribution in [2.24, 2.45) is 0 Å². The van der Waals surface area contributed by atoms with Crippen LogP contribution in [0.1, 0.15) is 36.3 Å². The van der Waals surface area contributed by atoms with Crippen molar-refractivity contribution in [1.82, 2.24) is 10.2 Å². The van der Waals surface area contributed by atoms with Gasteiger partial charge in [-0.25, -0.2) is 9.18 Å². The zero-order valence-corrected chi connectivity index (χ0v) is 16.7. The number of carbonyl (C=O) groups excluding carboxylic acids is 1. The predicted molar refractivity (Wildman–Crippen MR) is 112 cm³/mol. The second-order valence-corrected chi connectivity index (χ2v) is 8.23. The van der Waals surface area contributed by atoms with Crippen LogP contribution in [0.4, 0.5) is 9.18 Å². The van der Waals surface area contributed by atoms with E-state index in [-0.39, 0.29) is 6.09 Å². The number of piperidine rings is 1. The molecule has 1 aliphatic heterocycles. The zero-order valence-electron chi connectivity index (χ0n) is 16.7. The molecule has 1 N–H and O–H groups in total. The highest BCUT2D eigenvalue weighted by molar-refractivity contribution is 5.67. The van der Waals surface area contributed by atoms with Gasteiger partial charge in [-0.2, -0.15) is 0 Å². The summed E-state index contributed by atoms with van der Waals surface area (Å²) < 4.78 is 20.5. The van der Waals surface area contributed by atoms with Crippen LogP contribution < -0.4 is 5.32 Å². The van der Waals surface area contributed by atoms with Crippen molar-refractivity contribution in [2.75, 3.05) is 26.2 Å². The van der Waals surface area contributed by atoms with Crippen LogP contribution in [0.2, 0.25) is 0 Å². The molecule has 2 unspecified atom stereocenters. The lowest BCUT2D eigenvalue weighted by Crippen LogP contribution is -2.49. The maximum Gasteiger partial charge on any atom is 0.409 e. The Morgan fingerprint density at radius 2 is 1.72 bits per heavy atom. The Labute approximate surface area is 172 Å². The van der Waals surface area contributed by atoms with Gasteiger partial charge in [0.2, 0.25) is 0 Å². The van der Waals surface area contributed by atoms with E-state index in [1.54, 1.807) is 4.90 Å². The minimum absolute atomic E-state index is 0.331. The minimum atomic E-state index is -1.25. The molecular weight excluding hydrogens is 367 g/mol. The fraction of sp³-hybridized carbons (Fsp3) is 0.458. The van der Waals surface area contributed by atoms with Crippen molar-refractivity contribution in [3.05, 3.63) is 71.8 Å². The van der Waals surface area contributed by atoms with Crippen molar-refractivity contribution in [3.63, 3.8) is 0 Å².